The minimum Gasteiger partial charge on any atom is -0.353 e. The number of carbonyl (C=O) groups excluding carboxylic acids is 1. The van der Waals surface area contributed by atoms with Crippen molar-refractivity contribution in [1.82, 2.24) is 25.0 Å². The Morgan fingerprint density at radius 1 is 1.58 bits per heavy atom. The first-order valence-electron chi connectivity index (χ1n) is 6.56. The smallest absolute Gasteiger partial charge is 0.234 e. The van der Waals surface area contributed by atoms with E-state index < -0.39 is 0 Å². The average Bonchev–Trinajstić information content (AvgIpc) is 2.70. The number of H-pyrrole nitrogens is 1. The van der Waals surface area contributed by atoms with Gasteiger partial charge in [0.15, 0.2) is 4.77 Å². The molecular weight excluding hydrogens is 262 g/mol. The van der Waals surface area contributed by atoms with Crippen molar-refractivity contribution < 1.29 is 4.79 Å². The standard InChI is InChI=1S/C12H23N5OS/c1-5-10-14-15-12(19)17(10)7-6-13-11(18)8-16(4)9(2)3/h9H,5-8H2,1-4H3,(H,13,18)(H,15,19). The number of nitrogens with one attached hydrogen (secondary N) is 2. The van der Waals surface area contributed by atoms with Crippen LogP contribution in [0.5, 0.6) is 0 Å². The molecule has 0 saturated heterocycles. The lowest BCUT2D eigenvalue weighted by Gasteiger charge is -2.20. The number of amides is 1. The molecule has 1 amide bonds. The van der Waals surface area contributed by atoms with Crippen molar-refractivity contribution >= 4 is 18.1 Å². The van der Waals surface area contributed by atoms with E-state index in [1.54, 1.807) is 0 Å². The summed E-state index contributed by atoms with van der Waals surface area (Å²) in [5.74, 6) is 0.947. The molecule has 0 aliphatic rings. The molecule has 0 bridgehead atoms. The van der Waals surface area contributed by atoms with Crippen molar-refractivity contribution in [1.29, 1.82) is 0 Å². The highest BCUT2D eigenvalue weighted by Gasteiger charge is 2.09. The first kappa shape index (κ1) is 15.8. The molecule has 2 N–H and O–H groups in total. The van der Waals surface area contributed by atoms with Crippen LogP contribution in [0, 0.1) is 4.77 Å². The molecule has 0 unspecified atom stereocenters. The Bertz CT molecular complexity index is 465. The van der Waals surface area contributed by atoms with Crippen molar-refractivity contribution in [3.05, 3.63) is 10.6 Å². The maximum Gasteiger partial charge on any atom is 0.234 e. The SMILES string of the molecule is CCc1n[nH]c(=S)n1CCNC(=O)CN(C)C(C)C. The third-order valence-corrected chi connectivity index (χ3v) is 3.40. The number of carbonyl (C=O) groups is 1. The van der Waals surface area contributed by atoms with Crippen molar-refractivity contribution in [2.24, 2.45) is 0 Å². The van der Waals surface area contributed by atoms with Gasteiger partial charge in [0.25, 0.3) is 0 Å². The first-order valence-corrected chi connectivity index (χ1v) is 6.97. The van der Waals surface area contributed by atoms with E-state index in [-0.39, 0.29) is 5.91 Å². The number of hydrogen-bond donors (Lipinski definition) is 2. The molecule has 0 radical (unpaired) electrons. The number of aromatic amines is 1. The van der Waals surface area contributed by atoms with E-state index >= 15 is 0 Å². The van der Waals surface area contributed by atoms with Crippen LogP contribution >= 0.6 is 12.2 Å². The van der Waals surface area contributed by atoms with E-state index in [0.717, 1.165) is 12.2 Å². The van der Waals surface area contributed by atoms with Crippen molar-refractivity contribution in [2.75, 3.05) is 20.1 Å². The molecule has 1 heterocycles. The predicted molar refractivity (Wildman–Crippen MR) is 77.6 cm³/mol. The molecule has 7 heteroatoms. The second-order valence-corrected chi connectivity index (χ2v) is 5.20. The highest BCUT2D eigenvalue weighted by Crippen LogP contribution is 1.98. The summed E-state index contributed by atoms with van der Waals surface area (Å²) in [6.45, 7) is 7.77. The normalized spacial score (nSPS) is 11.3. The van der Waals surface area contributed by atoms with Gasteiger partial charge in [-0.3, -0.25) is 14.8 Å². The van der Waals surface area contributed by atoms with Gasteiger partial charge < -0.3 is 9.88 Å². The predicted octanol–water partition coefficient (Wildman–Crippen LogP) is 0.959. The molecule has 0 saturated carbocycles. The largest absolute Gasteiger partial charge is 0.353 e. The maximum absolute atomic E-state index is 11.7. The number of nitrogens with zero attached hydrogens (tertiary/aromatic N) is 3. The van der Waals surface area contributed by atoms with Crippen LogP contribution in [0.2, 0.25) is 0 Å². The van der Waals surface area contributed by atoms with Gasteiger partial charge in [-0.25, -0.2) is 0 Å². The lowest BCUT2D eigenvalue weighted by Crippen LogP contribution is -2.39. The van der Waals surface area contributed by atoms with E-state index in [1.165, 1.54) is 0 Å². The van der Waals surface area contributed by atoms with Crippen molar-refractivity contribution in [2.45, 2.75) is 39.8 Å². The fourth-order valence-corrected chi connectivity index (χ4v) is 1.87. The Labute approximate surface area is 119 Å². The Hall–Kier alpha value is -1.21. The quantitative estimate of drug-likeness (QED) is 0.732. The lowest BCUT2D eigenvalue weighted by molar-refractivity contribution is -0.122. The number of aryl methyl sites for hydroxylation is 1. The first-order chi connectivity index (χ1) is 8.95. The summed E-state index contributed by atoms with van der Waals surface area (Å²) in [7, 11) is 1.94. The van der Waals surface area contributed by atoms with Gasteiger partial charge in [-0.05, 0) is 33.1 Å². The average molecular weight is 285 g/mol. The number of likely N-dealkylation sites (N-methyl/N-ethyl adjacent to an activating group) is 1. The lowest BCUT2D eigenvalue weighted by atomic mass is 10.3. The zero-order valence-electron chi connectivity index (χ0n) is 12.1. The summed E-state index contributed by atoms with van der Waals surface area (Å²) in [4.78, 5) is 13.7. The van der Waals surface area contributed by atoms with Gasteiger partial charge >= 0.3 is 0 Å². The van der Waals surface area contributed by atoms with Gasteiger partial charge in [0, 0.05) is 25.6 Å². The molecular formula is C12H23N5OS. The van der Waals surface area contributed by atoms with Crippen molar-refractivity contribution in [3.63, 3.8) is 0 Å². The monoisotopic (exact) mass is 285 g/mol. The van der Waals surface area contributed by atoms with E-state index in [0.29, 0.717) is 30.4 Å². The summed E-state index contributed by atoms with van der Waals surface area (Å²) in [6, 6.07) is 0.361. The van der Waals surface area contributed by atoms with E-state index in [2.05, 4.69) is 29.4 Å². The van der Waals surface area contributed by atoms with Gasteiger partial charge in [0.05, 0.1) is 6.54 Å². The molecule has 19 heavy (non-hydrogen) atoms. The van der Waals surface area contributed by atoms with Gasteiger partial charge in [-0.2, -0.15) is 5.10 Å². The highest BCUT2D eigenvalue weighted by atomic mass is 32.1. The molecule has 0 aliphatic carbocycles. The van der Waals surface area contributed by atoms with Gasteiger partial charge in [-0.1, -0.05) is 6.92 Å². The van der Waals surface area contributed by atoms with Crippen LogP contribution in [-0.2, 0) is 17.8 Å². The number of aromatic nitrogens is 3. The Morgan fingerprint density at radius 3 is 2.84 bits per heavy atom. The summed E-state index contributed by atoms with van der Waals surface area (Å²) in [6.07, 6.45) is 0.817. The molecule has 0 spiro atoms. The van der Waals surface area contributed by atoms with Crippen LogP contribution in [0.3, 0.4) is 0 Å². The minimum absolute atomic E-state index is 0.0317. The van der Waals surface area contributed by atoms with Crippen LogP contribution < -0.4 is 5.32 Å². The molecule has 1 rings (SSSR count). The second kappa shape index (κ2) is 7.40. The molecule has 0 fully saturated rings. The molecule has 1 aromatic heterocycles. The van der Waals surface area contributed by atoms with Crippen LogP contribution in [-0.4, -0.2) is 51.8 Å². The molecule has 0 atom stereocenters. The van der Waals surface area contributed by atoms with Crippen LogP contribution in [0.1, 0.15) is 26.6 Å². The number of rotatable bonds is 7. The Morgan fingerprint density at radius 2 is 2.26 bits per heavy atom. The summed E-state index contributed by atoms with van der Waals surface area (Å²) in [5, 5.41) is 9.79. The zero-order valence-corrected chi connectivity index (χ0v) is 12.9. The fourth-order valence-electron chi connectivity index (χ4n) is 1.62. The minimum atomic E-state index is 0.0317. The molecule has 0 aliphatic heterocycles. The topological polar surface area (TPSA) is 66.0 Å². The van der Waals surface area contributed by atoms with Crippen LogP contribution in [0.15, 0.2) is 0 Å². The van der Waals surface area contributed by atoms with Gasteiger partial charge in [0.2, 0.25) is 5.91 Å². The van der Waals surface area contributed by atoms with E-state index in [1.807, 2.05) is 23.4 Å². The second-order valence-electron chi connectivity index (χ2n) is 4.81. The van der Waals surface area contributed by atoms with Gasteiger partial charge in [0.1, 0.15) is 5.82 Å². The molecule has 0 aromatic carbocycles. The van der Waals surface area contributed by atoms with Crippen LogP contribution in [0.25, 0.3) is 0 Å². The highest BCUT2D eigenvalue weighted by molar-refractivity contribution is 7.71. The number of hydrogen-bond acceptors (Lipinski definition) is 4. The maximum atomic E-state index is 11.7. The third kappa shape index (κ3) is 4.76. The summed E-state index contributed by atoms with van der Waals surface area (Å²) >= 11 is 5.15. The Balaban J connectivity index is 2.40. The Kier molecular flexibility index (Phi) is 6.17. The van der Waals surface area contributed by atoms with E-state index in [9.17, 15) is 4.79 Å². The summed E-state index contributed by atoms with van der Waals surface area (Å²) in [5.41, 5.74) is 0. The summed E-state index contributed by atoms with van der Waals surface area (Å²) < 4.78 is 2.52. The molecule has 6 nitrogen and oxygen atoms in total. The zero-order chi connectivity index (χ0) is 14.4. The third-order valence-electron chi connectivity index (χ3n) is 3.09. The van der Waals surface area contributed by atoms with Gasteiger partial charge in [-0.15, -0.1) is 0 Å². The van der Waals surface area contributed by atoms with Crippen LogP contribution in [0.4, 0.5) is 0 Å². The van der Waals surface area contributed by atoms with E-state index in [4.69, 9.17) is 12.2 Å². The molecule has 108 valence electrons. The van der Waals surface area contributed by atoms with Crippen molar-refractivity contribution in [3.8, 4) is 0 Å². The fraction of sp³-hybridized carbons (Fsp3) is 0.750. The molecule has 1 aromatic rings.